The molecule has 1 aromatic heterocycles. The number of hydrogen-bond acceptors (Lipinski definition) is 5. The smallest absolute Gasteiger partial charge is 0.417 e. The summed E-state index contributed by atoms with van der Waals surface area (Å²) in [5.74, 6) is 0.697. The van der Waals surface area contributed by atoms with Crippen molar-refractivity contribution in [2.45, 2.75) is 23.6 Å². The maximum atomic E-state index is 12.4. The number of ether oxygens (including phenoxy) is 1. The Morgan fingerprint density at radius 1 is 1.04 bits per heavy atom. The van der Waals surface area contributed by atoms with Crippen LogP contribution in [0.5, 0.6) is 5.75 Å². The average molecular weight is 433 g/mol. The second kappa shape index (κ2) is 11.5. The fourth-order valence-corrected chi connectivity index (χ4v) is 4.92. The first kappa shape index (κ1) is 22.8. The predicted molar refractivity (Wildman–Crippen MR) is 94.1 cm³/mol. The van der Waals surface area contributed by atoms with Crippen LogP contribution in [0.4, 0.5) is 26.3 Å². The molecule has 0 aliphatic heterocycles. The summed E-state index contributed by atoms with van der Waals surface area (Å²) in [4.78, 5) is 3.75. The molecule has 0 aliphatic carbocycles. The minimum absolute atomic E-state index is 0.0923. The van der Waals surface area contributed by atoms with E-state index in [4.69, 9.17) is 0 Å². The van der Waals surface area contributed by atoms with Crippen molar-refractivity contribution in [3.8, 4) is 5.75 Å². The van der Waals surface area contributed by atoms with Gasteiger partial charge in [-0.15, -0.1) is 0 Å². The largest absolute Gasteiger partial charge is 0.435 e. The maximum absolute atomic E-state index is 12.4. The highest BCUT2D eigenvalue weighted by atomic mass is 33.5. The first-order valence-electron chi connectivity index (χ1n) is 6.75. The van der Waals surface area contributed by atoms with E-state index in [0.29, 0.717) is 18.0 Å². The molecule has 144 valence electrons. The van der Waals surface area contributed by atoms with Crippen molar-refractivity contribution in [1.82, 2.24) is 4.98 Å². The van der Waals surface area contributed by atoms with Crippen LogP contribution in [0.15, 0.2) is 47.6 Å². The van der Waals surface area contributed by atoms with E-state index in [-0.39, 0.29) is 5.75 Å². The first-order chi connectivity index (χ1) is 12.3. The van der Waals surface area contributed by atoms with Crippen LogP contribution >= 0.6 is 31.4 Å². The van der Waals surface area contributed by atoms with Crippen molar-refractivity contribution >= 4 is 31.4 Å². The lowest BCUT2D eigenvalue weighted by Gasteiger charge is -2.06. The third-order valence-electron chi connectivity index (χ3n) is 2.61. The Morgan fingerprint density at radius 2 is 1.69 bits per heavy atom. The predicted octanol–water partition coefficient (Wildman–Crippen LogP) is 6.88. The molecule has 0 unspecified atom stereocenters. The van der Waals surface area contributed by atoms with Gasteiger partial charge < -0.3 is 4.74 Å². The summed E-state index contributed by atoms with van der Waals surface area (Å²) in [5.41, 5.74) is 0.130. The molecule has 0 spiro atoms. The van der Waals surface area contributed by atoms with Crippen LogP contribution in [0.3, 0.4) is 0 Å². The number of benzene rings is 1. The summed E-state index contributed by atoms with van der Waals surface area (Å²) < 4.78 is 75.0. The van der Waals surface area contributed by atoms with Gasteiger partial charge in [-0.1, -0.05) is 22.9 Å². The van der Waals surface area contributed by atoms with Crippen LogP contribution < -0.4 is 4.74 Å². The molecule has 0 amide bonds. The van der Waals surface area contributed by atoms with Gasteiger partial charge in [0.05, 0.1) is 12.7 Å². The third-order valence-corrected chi connectivity index (χ3v) is 6.47. The van der Waals surface area contributed by atoms with Gasteiger partial charge in [0.15, 0.2) is 0 Å². The fraction of sp³-hybridized carbons (Fsp3) is 0.267. The summed E-state index contributed by atoms with van der Waals surface area (Å²) in [6, 6.07) is 8.56. The lowest BCUT2D eigenvalue weighted by molar-refractivity contribution is -0.137. The summed E-state index contributed by atoms with van der Waals surface area (Å²) in [6.07, 6.45) is -3.59. The van der Waals surface area contributed by atoms with E-state index >= 15 is 0 Å². The second-order valence-corrected chi connectivity index (χ2v) is 8.40. The molecule has 0 atom stereocenters. The molecule has 1 aromatic carbocycles. The van der Waals surface area contributed by atoms with Crippen LogP contribution in [-0.2, 0) is 11.9 Å². The van der Waals surface area contributed by atoms with E-state index in [9.17, 15) is 26.3 Å². The summed E-state index contributed by atoms with van der Waals surface area (Å²) in [5, 5.41) is 0.473. The highest BCUT2D eigenvalue weighted by Gasteiger charge is 2.30. The minimum atomic E-state index is -4.39. The van der Waals surface area contributed by atoms with E-state index in [1.807, 2.05) is 0 Å². The molecule has 0 aliphatic rings. The van der Waals surface area contributed by atoms with Gasteiger partial charge in [-0.3, -0.25) is 4.39 Å². The Kier molecular flexibility index (Phi) is 10.1. The van der Waals surface area contributed by atoms with Gasteiger partial charge in [0.25, 0.3) is 0 Å². The van der Waals surface area contributed by atoms with Crippen molar-refractivity contribution in [3.63, 3.8) is 0 Å². The van der Waals surface area contributed by atoms with E-state index in [2.05, 4.69) is 9.72 Å². The lowest BCUT2D eigenvalue weighted by atomic mass is 10.2. The van der Waals surface area contributed by atoms with Crippen molar-refractivity contribution in [2.24, 2.45) is 0 Å². The zero-order chi connectivity index (χ0) is 19.6. The molecule has 2 aromatic rings. The molecule has 0 saturated heterocycles. The number of pyridine rings is 1. The summed E-state index contributed by atoms with van der Waals surface area (Å²) in [7, 11) is 4.57. The third kappa shape index (κ3) is 8.45. The van der Waals surface area contributed by atoms with Gasteiger partial charge in [0.1, 0.15) is 10.8 Å². The normalized spacial score (nSPS) is 11.1. The number of hydrogen-bond donors (Lipinski definition) is 0. The van der Waals surface area contributed by atoms with Gasteiger partial charge in [-0.2, -0.15) is 22.0 Å². The zero-order valence-electron chi connectivity index (χ0n) is 13.2. The second-order valence-electron chi connectivity index (χ2n) is 4.32. The minimum Gasteiger partial charge on any atom is -0.435 e. The van der Waals surface area contributed by atoms with Gasteiger partial charge in [-0.25, -0.2) is 4.98 Å². The molecule has 1 heterocycles. The van der Waals surface area contributed by atoms with E-state index in [0.717, 1.165) is 17.8 Å². The van der Waals surface area contributed by atoms with Crippen LogP contribution in [0.2, 0.25) is 0 Å². The van der Waals surface area contributed by atoms with Crippen LogP contribution in [0.25, 0.3) is 0 Å². The standard InChI is InChI=1S/C14H10F5NOS3.CH3F/c15-13(16)21-11-4-1-9(2-5-11)8-22-24-23-12-6-3-10(7-20-12)14(17,18)19;1-2/h1-7,13H,8H2;1H3. The maximum Gasteiger partial charge on any atom is 0.417 e. The molecule has 0 radical (unpaired) electrons. The van der Waals surface area contributed by atoms with Crippen molar-refractivity contribution in [1.29, 1.82) is 0 Å². The van der Waals surface area contributed by atoms with Crippen molar-refractivity contribution < 1.29 is 31.1 Å². The molecular weight excluding hydrogens is 420 g/mol. The molecule has 11 heteroatoms. The van der Waals surface area contributed by atoms with Crippen LogP contribution in [-0.4, -0.2) is 18.8 Å². The number of nitrogens with zero attached hydrogens (tertiary/aromatic N) is 1. The van der Waals surface area contributed by atoms with Crippen molar-refractivity contribution in [3.05, 3.63) is 53.7 Å². The Balaban J connectivity index is 0.00000163. The average Bonchev–Trinajstić information content (AvgIpc) is 2.61. The summed E-state index contributed by atoms with van der Waals surface area (Å²) in [6.45, 7) is -2.85. The quantitative estimate of drug-likeness (QED) is 0.269. The van der Waals surface area contributed by atoms with Crippen LogP contribution in [0.1, 0.15) is 11.1 Å². The van der Waals surface area contributed by atoms with Gasteiger partial charge in [-0.05, 0) is 50.4 Å². The number of aromatic nitrogens is 1. The highest BCUT2D eigenvalue weighted by molar-refractivity contribution is 9.09. The zero-order valence-corrected chi connectivity index (χ0v) is 15.6. The van der Waals surface area contributed by atoms with Gasteiger partial charge in [0, 0.05) is 11.9 Å². The van der Waals surface area contributed by atoms with Crippen molar-refractivity contribution in [2.75, 3.05) is 7.18 Å². The number of rotatable bonds is 7. The molecule has 0 fully saturated rings. The van der Waals surface area contributed by atoms with E-state index < -0.39 is 18.4 Å². The molecule has 2 nitrogen and oxygen atoms in total. The Hall–Kier alpha value is -1.20. The van der Waals surface area contributed by atoms with E-state index in [1.165, 1.54) is 49.6 Å². The number of alkyl halides is 6. The molecule has 26 heavy (non-hydrogen) atoms. The lowest BCUT2D eigenvalue weighted by Crippen LogP contribution is -2.04. The summed E-state index contributed by atoms with van der Waals surface area (Å²) >= 11 is 0. The van der Waals surface area contributed by atoms with E-state index in [1.54, 1.807) is 12.1 Å². The highest BCUT2D eigenvalue weighted by Crippen LogP contribution is 2.41. The molecule has 0 saturated carbocycles. The number of halogens is 6. The Labute approximate surface area is 157 Å². The fourth-order valence-electron chi connectivity index (χ4n) is 1.52. The molecule has 0 bridgehead atoms. The SMILES string of the molecule is CF.FC(F)Oc1ccc(CSSSc2ccc(C(F)(F)F)cn2)cc1. The van der Waals surface area contributed by atoms with Crippen LogP contribution in [0, 0.1) is 0 Å². The Bertz CT molecular complexity index is 637. The van der Waals surface area contributed by atoms with Gasteiger partial charge >= 0.3 is 12.8 Å². The molecule has 0 N–H and O–H groups in total. The topological polar surface area (TPSA) is 22.1 Å². The molecular formula is C15H13F6NOS3. The van der Waals surface area contributed by atoms with Gasteiger partial charge in [0.2, 0.25) is 0 Å². The Morgan fingerprint density at radius 3 is 2.19 bits per heavy atom. The first-order valence-corrected chi connectivity index (χ1v) is 10.4. The monoisotopic (exact) mass is 433 g/mol. The molecule has 2 rings (SSSR count).